The molecule has 0 aromatic heterocycles. The average Bonchev–Trinajstić information content (AvgIpc) is 3.22. The number of hydrogen-bond acceptors (Lipinski definition) is 6. The Morgan fingerprint density at radius 1 is 0.508 bits per heavy atom. The molecule has 0 aromatic carbocycles. The number of ether oxygens (including phenoxy) is 2. The number of quaternary nitrogens is 1. The molecule has 2 unspecified atom stereocenters. The number of carbonyl (C=O) groups is 1. The van der Waals surface area contributed by atoms with Gasteiger partial charge >= 0.3 is 13.8 Å². The van der Waals surface area contributed by atoms with Gasteiger partial charge in [0.05, 0.1) is 34.4 Å². The van der Waals surface area contributed by atoms with E-state index in [0.29, 0.717) is 24.1 Å². The average molecular weight is 885 g/mol. The number of hydrogen-bond donors (Lipinski definition) is 1. The number of rotatable bonds is 49. The van der Waals surface area contributed by atoms with Crippen molar-refractivity contribution in [2.75, 3.05) is 54.1 Å². The van der Waals surface area contributed by atoms with E-state index in [0.717, 1.165) is 38.5 Å². The topological polar surface area (TPSA) is 91.3 Å². The largest absolute Gasteiger partial charge is 0.472 e. The highest BCUT2D eigenvalue weighted by Gasteiger charge is 2.26. The zero-order chi connectivity index (χ0) is 44.8. The van der Waals surface area contributed by atoms with Crippen molar-refractivity contribution in [1.82, 2.24) is 0 Å². The number of carbonyl (C=O) groups excluding carboxylic acids is 1. The van der Waals surface area contributed by atoms with Crippen molar-refractivity contribution in [2.24, 2.45) is 0 Å². The highest BCUT2D eigenvalue weighted by molar-refractivity contribution is 7.47. The quantitative estimate of drug-likeness (QED) is 0.0214. The van der Waals surface area contributed by atoms with Gasteiger partial charge in [-0.3, -0.25) is 13.8 Å². The van der Waals surface area contributed by atoms with Gasteiger partial charge < -0.3 is 18.9 Å². The Bertz CT molecular complexity index is 1030. The molecule has 9 heteroatoms. The van der Waals surface area contributed by atoms with Crippen molar-refractivity contribution in [3.63, 3.8) is 0 Å². The number of allylic oxidation sites excluding steroid dienone is 4. The molecule has 0 fully saturated rings. The fourth-order valence-electron chi connectivity index (χ4n) is 7.47. The molecular weight excluding hydrogens is 782 g/mol. The van der Waals surface area contributed by atoms with Crippen LogP contribution >= 0.6 is 7.82 Å². The van der Waals surface area contributed by atoms with Crippen molar-refractivity contribution >= 4 is 13.8 Å². The predicted octanol–water partition coefficient (Wildman–Crippen LogP) is 16.0. The van der Waals surface area contributed by atoms with Gasteiger partial charge in [0.25, 0.3) is 0 Å². The number of esters is 1. The summed E-state index contributed by atoms with van der Waals surface area (Å²) in [6, 6.07) is 0. The minimum absolute atomic E-state index is 0.0905. The van der Waals surface area contributed by atoms with Crippen molar-refractivity contribution < 1.29 is 37.3 Å². The van der Waals surface area contributed by atoms with Crippen LogP contribution in [0.2, 0.25) is 0 Å². The van der Waals surface area contributed by atoms with Crippen LogP contribution in [-0.2, 0) is 27.9 Å². The number of phosphoric ester groups is 1. The summed E-state index contributed by atoms with van der Waals surface area (Å²) in [4.78, 5) is 23.0. The summed E-state index contributed by atoms with van der Waals surface area (Å²) in [5, 5.41) is 0. The first kappa shape index (κ1) is 60.0. The van der Waals surface area contributed by atoms with Crippen LogP contribution in [-0.4, -0.2) is 75.6 Å². The molecule has 0 aromatic rings. The summed E-state index contributed by atoms with van der Waals surface area (Å²) in [5.74, 6) is -0.309. The van der Waals surface area contributed by atoms with Crippen LogP contribution in [0.4, 0.5) is 0 Å². The van der Waals surface area contributed by atoms with Crippen LogP contribution in [0.15, 0.2) is 24.3 Å². The highest BCUT2D eigenvalue weighted by atomic mass is 31.2. The van der Waals surface area contributed by atoms with Crippen LogP contribution in [0.25, 0.3) is 0 Å². The van der Waals surface area contributed by atoms with Crippen LogP contribution in [0.5, 0.6) is 0 Å². The Kier molecular flexibility index (Phi) is 44.8. The second kappa shape index (κ2) is 45.5. The van der Waals surface area contributed by atoms with Crippen LogP contribution in [0.1, 0.15) is 245 Å². The van der Waals surface area contributed by atoms with E-state index in [9.17, 15) is 14.3 Å². The van der Waals surface area contributed by atoms with Gasteiger partial charge in [-0.05, 0) is 44.9 Å². The van der Waals surface area contributed by atoms with Gasteiger partial charge in [0.2, 0.25) is 0 Å². The maximum absolute atomic E-state index is 12.8. The summed E-state index contributed by atoms with van der Waals surface area (Å²) in [7, 11) is 1.68. The van der Waals surface area contributed by atoms with Gasteiger partial charge in [0, 0.05) is 13.0 Å². The summed E-state index contributed by atoms with van der Waals surface area (Å²) in [6.45, 7) is 5.65. The first-order chi connectivity index (χ1) is 29.6. The van der Waals surface area contributed by atoms with Crippen molar-refractivity contribution in [2.45, 2.75) is 251 Å². The van der Waals surface area contributed by atoms with Crippen LogP contribution in [0.3, 0.4) is 0 Å². The molecule has 362 valence electrons. The maximum Gasteiger partial charge on any atom is 0.472 e. The molecule has 8 nitrogen and oxygen atoms in total. The van der Waals surface area contributed by atoms with E-state index < -0.39 is 13.9 Å². The van der Waals surface area contributed by atoms with Crippen LogP contribution < -0.4 is 0 Å². The number of unbranched alkanes of at least 4 members (excludes halogenated alkanes) is 31. The minimum Gasteiger partial charge on any atom is -0.457 e. The molecule has 0 amide bonds. The second-order valence-electron chi connectivity index (χ2n) is 18.9. The van der Waals surface area contributed by atoms with E-state index in [4.69, 9.17) is 18.5 Å². The van der Waals surface area contributed by atoms with Crippen molar-refractivity contribution in [3.8, 4) is 0 Å². The number of phosphoric acid groups is 1. The molecule has 0 saturated carbocycles. The minimum atomic E-state index is -4.28. The first-order valence-electron chi connectivity index (χ1n) is 26.1. The third kappa shape index (κ3) is 49.8. The molecule has 2 atom stereocenters. The monoisotopic (exact) mass is 885 g/mol. The van der Waals surface area contributed by atoms with E-state index in [-0.39, 0.29) is 25.8 Å². The zero-order valence-corrected chi connectivity index (χ0v) is 42.1. The summed E-state index contributed by atoms with van der Waals surface area (Å²) < 4.78 is 35.2. The van der Waals surface area contributed by atoms with Gasteiger partial charge in [-0.1, -0.05) is 218 Å². The number of likely N-dealkylation sites (N-methyl/N-ethyl adjacent to an activating group) is 1. The van der Waals surface area contributed by atoms with Crippen LogP contribution in [0, 0.1) is 0 Å². The van der Waals surface area contributed by atoms with Gasteiger partial charge in [-0.2, -0.15) is 0 Å². The van der Waals surface area contributed by atoms with Gasteiger partial charge in [-0.15, -0.1) is 0 Å². The van der Waals surface area contributed by atoms with Crippen molar-refractivity contribution in [1.29, 1.82) is 0 Å². The van der Waals surface area contributed by atoms with Gasteiger partial charge in [0.1, 0.15) is 19.3 Å². The molecule has 0 aliphatic carbocycles. The van der Waals surface area contributed by atoms with E-state index in [1.807, 2.05) is 21.1 Å². The SMILES string of the molecule is CCCCC/C=C\C/C=C\CCCCCCCCCCCCOCC(COP(=O)(O)OCC[N+](C)(C)C)OC(=O)CCCCCCCCCCCCCCCCCCCCC. The molecule has 0 bridgehead atoms. The van der Waals surface area contributed by atoms with E-state index in [2.05, 4.69) is 38.2 Å². The third-order valence-electron chi connectivity index (χ3n) is 11.5. The Balaban J connectivity index is 4.11. The lowest BCUT2D eigenvalue weighted by Crippen LogP contribution is -2.37. The highest BCUT2D eigenvalue weighted by Crippen LogP contribution is 2.43. The molecule has 0 spiro atoms. The van der Waals surface area contributed by atoms with Crippen molar-refractivity contribution in [3.05, 3.63) is 24.3 Å². The summed E-state index contributed by atoms with van der Waals surface area (Å²) >= 11 is 0. The summed E-state index contributed by atoms with van der Waals surface area (Å²) in [5.41, 5.74) is 0. The molecule has 0 heterocycles. The smallest absolute Gasteiger partial charge is 0.457 e. The molecule has 0 aliphatic rings. The fraction of sp³-hybridized carbons (Fsp3) is 0.904. The standard InChI is InChI=1S/C52H102NO7P/c1-6-8-10-12-14-16-18-20-22-24-26-28-30-32-34-36-38-40-42-44-47-57-49-51(50-59-61(55,56)58-48-46-53(3,4)5)60-52(54)45-43-41-39-37-35-33-31-29-27-25-23-21-19-17-15-13-11-9-7-2/h14,16,20,22,51H,6-13,15,17-19,21,23-50H2,1-5H3/p+1/b16-14-,22-20-. The Hall–Kier alpha value is -1.02. The van der Waals surface area contributed by atoms with E-state index in [1.165, 1.54) is 186 Å². The molecule has 0 rings (SSSR count). The lowest BCUT2D eigenvalue weighted by Gasteiger charge is -2.24. The molecule has 0 radical (unpaired) electrons. The normalized spacial score (nSPS) is 13.7. The molecule has 61 heavy (non-hydrogen) atoms. The predicted molar refractivity (Wildman–Crippen MR) is 261 cm³/mol. The first-order valence-corrected chi connectivity index (χ1v) is 27.6. The van der Waals surface area contributed by atoms with E-state index >= 15 is 0 Å². The van der Waals surface area contributed by atoms with Gasteiger partial charge in [-0.25, -0.2) is 4.57 Å². The molecular formula is C52H103NO7P+. The maximum atomic E-state index is 12.8. The van der Waals surface area contributed by atoms with Gasteiger partial charge in [0.15, 0.2) is 0 Å². The molecule has 0 aliphatic heterocycles. The summed E-state index contributed by atoms with van der Waals surface area (Å²) in [6.07, 6.45) is 53.6. The Morgan fingerprint density at radius 2 is 0.902 bits per heavy atom. The lowest BCUT2D eigenvalue weighted by molar-refractivity contribution is -0.870. The Labute approximate surface area is 379 Å². The molecule has 0 saturated heterocycles. The number of nitrogens with zero attached hydrogens (tertiary/aromatic N) is 1. The fourth-order valence-corrected chi connectivity index (χ4v) is 8.21. The lowest BCUT2D eigenvalue weighted by atomic mass is 10.0. The second-order valence-corrected chi connectivity index (χ2v) is 20.4. The molecule has 1 N–H and O–H groups in total. The Morgan fingerprint density at radius 3 is 1.36 bits per heavy atom. The van der Waals surface area contributed by atoms with E-state index in [1.54, 1.807) is 0 Å². The zero-order valence-electron chi connectivity index (χ0n) is 41.2. The third-order valence-corrected chi connectivity index (χ3v) is 12.5.